The van der Waals surface area contributed by atoms with Crippen LogP contribution < -0.4 is 5.32 Å². The fourth-order valence-electron chi connectivity index (χ4n) is 1.48. The second-order valence-electron chi connectivity index (χ2n) is 4.20. The molecule has 1 aromatic carbocycles. The molecule has 0 fully saturated rings. The van der Waals surface area contributed by atoms with Gasteiger partial charge in [-0.3, -0.25) is 0 Å². The van der Waals surface area contributed by atoms with Crippen LogP contribution in [-0.2, 0) is 0 Å². The lowest BCUT2D eigenvalue weighted by atomic mass is 10.2. The quantitative estimate of drug-likeness (QED) is 0.454. The molecular formula is C14H20BrN3O2. The number of unbranched alkanes of at least 4 members (excludes halogenated alkanes) is 1. The summed E-state index contributed by atoms with van der Waals surface area (Å²) in [6.45, 7) is 2.71. The number of halogens is 1. The van der Waals surface area contributed by atoms with E-state index in [4.69, 9.17) is 5.11 Å². The molecule has 0 bridgehead atoms. The molecule has 0 aliphatic carbocycles. The molecule has 0 saturated carbocycles. The van der Waals surface area contributed by atoms with E-state index in [1.54, 1.807) is 6.21 Å². The van der Waals surface area contributed by atoms with Crippen molar-refractivity contribution in [3.8, 4) is 0 Å². The number of benzene rings is 1. The average molecular weight is 342 g/mol. The monoisotopic (exact) mass is 341 g/mol. The number of aliphatic hydroxyl groups excluding tert-OH is 1. The Labute approximate surface area is 127 Å². The highest BCUT2D eigenvalue weighted by atomic mass is 79.9. The number of hydrazone groups is 1. The minimum absolute atomic E-state index is 0.130. The number of aliphatic hydroxyl groups is 1. The van der Waals surface area contributed by atoms with Gasteiger partial charge in [-0.25, -0.2) is 9.80 Å². The van der Waals surface area contributed by atoms with Crippen molar-refractivity contribution < 1.29 is 9.90 Å². The fraction of sp³-hybridized carbons (Fsp3) is 0.429. The summed E-state index contributed by atoms with van der Waals surface area (Å²) in [6.07, 6.45) is 3.53. The molecule has 0 aromatic heterocycles. The number of carbonyl (C=O) groups excluding carboxylic acids is 1. The second-order valence-corrected chi connectivity index (χ2v) is 5.05. The van der Waals surface area contributed by atoms with E-state index >= 15 is 0 Å². The second kappa shape index (κ2) is 9.50. The Morgan fingerprint density at radius 3 is 2.90 bits per heavy atom. The van der Waals surface area contributed by atoms with Crippen LogP contribution in [0.2, 0.25) is 0 Å². The molecule has 6 heteroatoms. The van der Waals surface area contributed by atoms with Gasteiger partial charge in [0.1, 0.15) is 0 Å². The maximum absolute atomic E-state index is 11.9. The zero-order valence-electron chi connectivity index (χ0n) is 11.6. The summed E-state index contributed by atoms with van der Waals surface area (Å²) in [6, 6.07) is 7.29. The van der Waals surface area contributed by atoms with Gasteiger partial charge >= 0.3 is 6.03 Å². The van der Waals surface area contributed by atoms with Crippen molar-refractivity contribution in [1.29, 1.82) is 0 Å². The lowest BCUT2D eigenvalue weighted by molar-refractivity contribution is 0.180. The van der Waals surface area contributed by atoms with Crippen LogP contribution in [0, 0.1) is 0 Å². The molecule has 1 aromatic rings. The van der Waals surface area contributed by atoms with Gasteiger partial charge in [-0.15, -0.1) is 0 Å². The summed E-state index contributed by atoms with van der Waals surface area (Å²) in [4.78, 5) is 11.9. The highest BCUT2D eigenvalue weighted by molar-refractivity contribution is 9.10. The maximum Gasteiger partial charge on any atom is 0.337 e. The highest BCUT2D eigenvalue weighted by Crippen LogP contribution is 2.13. The maximum atomic E-state index is 11.9. The molecule has 0 saturated heterocycles. The van der Waals surface area contributed by atoms with Gasteiger partial charge < -0.3 is 10.4 Å². The smallest absolute Gasteiger partial charge is 0.337 e. The summed E-state index contributed by atoms with van der Waals surface area (Å²) in [5.74, 6) is 0. The predicted octanol–water partition coefficient (Wildman–Crippen LogP) is 2.59. The zero-order chi connectivity index (χ0) is 14.8. The van der Waals surface area contributed by atoms with E-state index in [1.165, 1.54) is 5.01 Å². The third kappa shape index (κ3) is 5.71. The van der Waals surface area contributed by atoms with E-state index in [0.29, 0.717) is 6.54 Å². The van der Waals surface area contributed by atoms with Crippen molar-refractivity contribution in [2.75, 3.05) is 19.7 Å². The molecule has 0 aliphatic heterocycles. The Balaban J connectivity index is 2.66. The molecule has 0 unspecified atom stereocenters. The molecule has 0 radical (unpaired) electrons. The molecule has 2 N–H and O–H groups in total. The first-order valence-electron chi connectivity index (χ1n) is 6.63. The average Bonchev–Trinajstić information content (AvgIpc) is 2.45. The molecule has 0 atom stereocenters. The van der Waals surface area contributed by atoms with E-state index < -0.39 is 0 Å². The molecule has 0 heterocycles. The summed E-state index contributed by atoms with van der Waals surface area (Å²) in [7, 11) is 0. The molecule has 1 rings (SSSR count). The molecule has 2 amide bonds. The number of rotatable bonds is 7. The first-order valence-corrected chi connectivity index (χ1v) is 7.43. The molecular weight excluding hydrogens is 322 g/mol. The lowest BCUT2D eigenvalue weighted by Gasteiger charge is -2.16. The van der Waals surface area contributed by atoms with Gasteiger partial charge in [0.05, 0.1) is 19.4 Å². The van der Waals surface area contributed by atoms with E-state index in [2.05, 4.69) is 33.3 Å². The van der Waals surface area contributed by atoms with Crippen LogP contribution in [0.3, 0.4) is 0 Å². The Bertz CT molecular complexity index is 452. The summed E-state index contributed by atoms with van der Waals surface area (Å²) in [5.41, 5.74) is 0.872. The van der Waals surface area contributed by atoms with E-state index in [1.807, 2.05) is 24.3 Å². The number of urea groups is 1. The first-order chi connectivity index (χ1) is 9.69. The fourth-order valence-corrected chi connectivity index (χ4v) is 1.87. The Morgan fingerprint density at radius 2 is 2.25 bits per heavy atom. The topological polar surface area (TPSA) is 64.9 Å². The number of amides is 2. The minimum Gasteiger partial charge on any atom is -0.394 e. The van der Waals surface area contributed by atoms with Gasteiger partial charge in [-0.2, -0.15) is 5.10 Å². The van der Waals surface area contributed by atoms with Crippen molar-refractivity contribution >= 4 is 28.2 Å². The van der Waals surface area contributed by atoms with Crippen LogP contribution in [0.4, 0.5) is 4.79 Å². The van der Waals surface area contributed by atoms with Gasteiger partial charge in [0.2, 0.25) is 0 Å². The lowest BCUT2D eigenvalue weighted by Crippen LogP contribution is -2.38. The van der Waals surface area contributed by atoms with Crippen molar-refractivity contribution in [2.45, 2.75) is 19.8 Å². The van der Waals surface area contributed by atoms with Crippen LogP contribution in [0.15, 0.2) is 33.8 Å². The molecule has 110 valence electrons. The van der Waals surface area contributed by atoms with Gasteiger partial charge in [0.15, 0.2) is 0 Å². The number of carbonyl (C=O) groups is 1. The third-order valence-corrected chi connectivity index (χ3v) is 3.32. The third-order valence-electron chi connectivity index (χ3n) is 2.59. The number of hydrogen-bond acceptors (Lipinski definition) is 3. The molecule has 0 spiro atoms. The largest absolute Gasteiger partial charge is 0.394 e. The molecule has 0 aliphatic rings. The van der Waals surface area contributed by atoms with Crippen molar-refractivity contribution in [1.82, 2.24) is 10.3 Å². The van der Waals surface area contributed by atoms with Crippen LogP contribution in [0.5, 0.6) is 0 Å². The van der Waals surface area contributed by atoms with Gasteiger partial charge in [0.25, 0.3) is 0 Å². The Morgan fingerprint density at radius 1 is 1.50 bits per heavy atom. The molecule has 5 nitrogen and oxygen atoms in total. The molecule has 20 heavy (non-hydrogen) atoms. The standard InChI is InChI=1S/C14H20BrN3O2/c1-2-3-8-16-14(20)18(9-10-19)17-11-12-6-4-5-7-13(12)15/h4-7,11,19H,2-3,8-10H2,1H3,(H,16,20)/b17-11+. The van der Waals surface area contributed by atoms with Crippen LogP contribution in [0.1, 0.15) is 25.3 Å². The van der Waals surface area contributed by atoms with Gasteiger partial charge in [-0.05, 0) is 12.5 Å². The predicted molar refractivity (Wildman–Crippen MR) is 83.8 cm³/mol. The van der Waals surface area contributed by atoms with Gasteiger partial charge in [-0.1, -0.05) is 47.5 Å². The summed E-state index contributed by atoms with van der Waals surface area (Å²) in [5, 5.41) is 17.1. The van der Waals surface area contributed by atoms with E-state index in [-0.39, 0.29) is 19.2 Å². The first kappa shape index (κ1) is 16.7. The minimum atomic E-state index is -0.296. The summed E-state index contributed by atoms with van der Waals surface area (Å²) >= 11 is 3.41. The number of nitrogens with zero attached hydrogens (tertiary/aromatic N) is 2. The van der Waals surface area contributed by atoms with Crippen molar-refractivity contribution in [3.63, 3.8) is 0 Å². The highest BCUT2D eigenvalue weighted by Gasteiger charge is 2.10. The van der Waals surface area contributed by atoms with Crippen LogP contribution >= 0.6 is 15.9 Å². The number of nitrogens with one attached hydrogen (secondary N) is 1. The normalized spacial score (nSPS) is 10.8. The summed E-state index contributed by atoms with van der Waals surface area (Å²) < 4.78 is 0.902. The Hall–Kier alpha value is -1.40. The van der Waals surface area contributed by atoms with E-state index in [9.17, 15) is 4.79 Å². The van der Waals surface area contributed by atoms with E-state index in [0.717, 1.165) is 22.9 Å². The van der Waals surface area contributed by atoms with Gasteiger partial charge in [0, 0.05) is 16.6 Å². The van der Waals surface area contributed by atoms with Crippen LogP contribution in [0.25, 0.3) is 0 Å². The zero-order valence-corrected chi connectivity index (χ0v) is 13.1. The number of hydrogen-bond donors (Lipinski definition) is 2. The SMILES string of the molecule is CCCCNC(=O)N(CCO)/N=C/c1ccccc1Br. The Kier molecular flexibility index (Phi) is 7.91. The van der Waals surface area contributed by atoms with Crippen molar-refractivity contribution in [3.05, 3.63) is 34.3 Å². The van der Waals surface area contributed by atoms with Crippen molar-refractivity contribution in [2.24, 2.45) is 5.10 Å². The van der Waals surface area contributed by atoms with Crippen LogP contribution in [-0.4, -0.2) is 42.1 Å².